The Morgan fingerprint density at radius 3 is 2.36 bits per heavy atom. The summed E-state index contributed by atoms with van der Waals surface area (Å²) in [5.74, 6) is 0.138. The zero-order valence-electron chi connectivity index (χ0n) is 15.7. The molecule has 4 nitrogen and oxygen atoms in total. The Hall–Kier alpha value is -2.50. The molecule has 2 aliphatic rings. The lowest BCUT2D eigenvalue weighted by Crippen LogP contribution is -2.54. The third-order valence-electron chi connectivity index (χ3n) is 5.97. The minimum Gasteiger partial charge on any atom is -0.336 e. The van der Waals surface area contributed by atoms with E-state index in [1.165, 1.54) is 28.8 Å². The summed E-state index contributed by atoms with van der Waals surface area (Å²) in [6.07, 6.45) is 5.74. The van der Waals surface area contributed by atoms with E-state index in [0.717, 1.165) is 25.2 Å². The number of hydrogen-bond acceptors (Lipinski definition) is 4. The molecule has 2 aliphatic heterocycles. The third kappa shape index (κ3) is 3.36. The van der Waals surface area contributed by atoms with Crippen LogP contribution < -0.4 is 0 Å². The van der Waals surface area contributed by atoms with E-state index in [1.54, 1.807) is 23.7 Å². The van der Waals surface area contributed by atoms with Crippen molar-refractivity contribution in [3.05, 3.63) is 77.4 Å². The predicted molar refractivity (Wildman–Crippen MR) is 112 cm³/mol. The normalized spacial score (nSPS) is 21.8. The lowest BCUT2D eigenvalue weighted by Gasteiger charge is -2.41. The highest BCUT2D eigenvalue weighted by molar-refractivity contribution is 7.13. The molecular weight excluding hydrogens is 366 g/mol. The van der Waals surface area contributed by atoms with Gasteiger partial charge in [0.05, 0.1) is 0 Å². The second-order valence-corrected chi connectivity index (χ2v) is 8.63. The van der Waals surface area contributed by atoms with Crippen molar-refractivity contribution in [2.75, 3.05) is 13.1 Å². The molecule has 4 heterocycles. The van der Waals surface area contributed by atoms with Crippen LogP contribution in [-0.2, 0) is 6.54 Å². The van der Waals surface area contributed by atoms with Gasteiger partial charge in [-0.15, -0.1) is 11.3 Å². The Bertz CT molecular complexity index is 926. The molecule has 2 aromatic heterocycles. The lowest BCUT2D eigenvalue weighted by molar-refractivity contribution is 0.0423. The molecule has 28 heavy (non-hydrogen) atoms. The van der Waals surface area contributed by atoms with Crippen LogP contribution in [-0.4, -0.2) is 45.9 Å². The molecule has 1 amide bonds. The number of pyridine rings is 1. The van der Waals surface area contributed by atoms with Gasteiger partial charge in [-0.3, -0.25) is 14.7 Å². The maximum absolute atomic E-state index is 12.8. The number of thiophene rings is 1. The van der Waals surface area contributed by atoms with Gasteiger partial charge in [0.2, 0.25) is 0 Å². The summed E-state index contributed by atoms with van der Waals surface area (Å²) in [7, 11) is 0. The van der Waals surface area contributed by atoms with Gasteiger partial charge < -0.3 is 4.90 Å². The van der Waals surface area contributed by atoms with Crippen molar-refractivity contribution in [3.63, 3.8) is 0 Å². The number of benzene rings is 1. The average molecular weight is 390 g/mol. The van der Waals surface area contributed by atoms with E-state index in [-0.39, 0.29) is 5.91 Å². The second-order valence-electron chi connectivity index (χ2n) is 7.68. The molecule has 2 unspecified atom stereocenters. The van der Waals surface area contributed by atoms with E-state index in [0.29, 0.717) is 12.1 Å². The first-order valence-corrected chi connectivity index (χ1v) is 10.7. The van der Waals surface area contributed by atoms with Crippen LogP contribution in [0.15, 0.2) is 66.3 Å². The zero-order valence-corrected chi connectivity index (χ0v) is 16.5. The van der Waals surface area contributed by atoms with Gasteiger partial charge in [0, 0.05) is 54.6 Å². The fourth-order valence-electron chi connectivity index (χ4n) is 4.52. The van der Waals surface area contributed by atoms with Crippen molar-refractivity contribution < 1.29 is 4.79 Å². The molecule has 1 aromatic carbocycles. The van der Waals surface area contributed by atoms with Gasteiger partial charge in [0.15, 0.2) is 0 Å². The first-order chi connectivity index (χ1) is 13.8. The number of amides is 1. The van der Waals surface area contributed by atoms with Crippen molar-refractivity contribution >= 4 is 17.2 Å². The van der Waals surface area contributed by atoms with E-state index < -0.39 is 0 Å². The predicted octanol–water partition coefficient (Wildman–Crippen LogP) is 4.30. The van der Waals surface area contributed by atoms with Gasteiger partial charge in [-0.05, 0) is 47.5 Å². The van der Waals surface area contributed by atoms with E-state index in [1.807, 2.05) is 17.0 Å². The summed E-state index contributed by atoms with van der Waals surface area (Å²) >= 11 is 1.78. The monoisotopic (exact) mass is 389 g/mol. The first kappa shape index (κ1) is 17.6. The standard InChI is InChI=1S/C23H23N3OS/c27-23(19-9-11-24-12-10-19)25-15-20-7-8-21(16-25)26(20)14-17-3-5-18(6-4-17)22-2-1-13-28-22/h1-6,9-13,20-21H,7-8,14-16H2. The van der Waals surface area contributed by atoms with Crippen molar-refractivity contribution in [3.8, 4) is 10.4 Å². The molecule has 0 N–H and O–H groups in total. The fourth-order valence-corrected chi connectivity index (χ4v) is 5.25. The Balaban J connectivity index is 1.26. The molecule has 0 aliphatic carbocycles. The highest BCUT2D eigenvalue weighted by Crippen LogP contribution is 2.33. The molecule has 0 saturated carbocycles. The van der Waals surface area contributed by atoms with Crippen LogP contribution in [0, 0.1) is 0 Å². The average Bonchev–Trinajstić information content (AvgIpc) is 3.35. The quantitative estimate of drug-likeness (QED) is 0.668. The summed E-state index contributed by atoms with van der Waals surface area (Å²) < 4.78 is 0. The number of piperazine rings is 1. The van der Waals surface area contributed by atoms with Crippen LogP contribution in [0.1, 0.15) is 28.8 Å². The second kappa shape index (κ2) is 7.49. The zero-order chi connectivity index (χ0) is 18.9. The van der Waals surface area contributed by atoms with Gasteiger partial charge in [-0.1, -0.05) is 30.3 Å². The summed E-state index contributed by atoms with van der Waals surface area (Å²) in [5, 5.41) is 2.12. The number of likely N-dealkylation sites (tertiary alicyclic amines) is 1. The smallest absolute Gasteiger partial charge is 0.254 e. The summed E-state index contributed by atoms with van der Waals surface area (Å²) in [5.41, 5.74) is 3.38. The molecule has 142 valence electrons. The highest BCUT2D eigenvalue weighted by atomic mass is 32.1. The number of rotatable bonds is 4. The molecule has 3 aromatic rings. The number of hydrogen-bond donors (Lipinski definition) is 0. The Kier molecular flexibility index (Phi) is 4.71. The number of nitrogens with zero attached hydrogens (tertiary/aromatic N) is 3. The van der Waals surface area contributed by atoms with E-state index in [2.05, 4.69) is 51.7 Å². The van der Waals surface area contributed by atoms with E-state index in [4.69, 9.17) is 0 Å². The highest BCUT2D eigenvalue weighted by Gasteiger charge is 2.41. The lowest BCUT2D eigenvalue weighted by atomic mass is 10.1. The first-order valence-electron chi connectivity index (χ1n) is 9.86. The summed E-state index contributed by atoms with van der Waals surface area (Å²) in [4.78, 5) is 22.8. The third-order valence-corrected chi connectivity index (χ3v) is 6.89. The minimum atomic E-state index is 0.138. The maximum atomic E-state index is 12.8. The van der Waals surface area contributed by atoms with Crippen LogP contribution in [0.2, 0.25) is 0 Å². The number of carbonyl (C=O) groups is 1. The molecule has 5 heteroatoms. The van der Waals surface area contributed by atoms with Crippen LogP contribution in [0.5, 0.6) is 0 Å². The molecule has 2 atom stereocenters. The van der Waals surface area contributed by atoms with Gasteiger partial charge >= 0.3 is 0 Å². The molecule has 5 rings (SSSR count). The molecule has 0 radical (unpaired) electrons. The number of carbonyl (C=O) groups excluding carboxylic acids is 1. The van der Waals surface area contributed by atoms with Crippen LogP contribution in [0.4, 0.5) is 0 Å². The minimum absolute atomic E-state index is 0.138. The summed E-state index contributed by atoms with van der Waals surface area (Å²) in [6.45, 7) is 2.62. The molecule has 2 fully saturated rings. The SMILES string of the molecule is O=C(c1ccncc1)N1CC2CCC(C1)N2Cc1ccc(-c2cccs2)cc1. The fraction of sp³-hybridized carbons (Fsp3) is 0.304. The van der Waals surface area contributed by atoms with Crippen molar-refractivity contribution in [1.82, 2.24) is 14.8 Å². The molecule has 2 saturated heterocycles. The van der Waals surface area contributed by atoms with Gasteiger partial charge in [0.1, 0.15) is 0 Å². The van der Waals surface area contributed by atoms with E-state index >= 15 is 0 Å². The number of aromatic nitrogens is 1. The van der Waals surface area contributed by atoms with Gasteiger partial charge in [0.25, 0.3) is 5.91 Å². The molecule has 2 bridgehead atoms. The van der Waals surface area contributed by atoms with Crippen LogP contribution in [0.3, 0.4) is 0 Å². The van der Waals surface area contributed by atoms with Gasteiger partial charge in [-0.25, -0.2) is 0 Å². The van der Waals surface area contributed by atoms with Crippen LogP contribution in [0.25, 0.3) is 10.4 Å². The summed E-state index contributed by atoms with van der Waals surface area (Å²) in [6, 6.07) is 17.8. The Morgan fingerprint density at radius 1 is 1.00 bits per heavy atom. The van der Waals surface area contributed by atoms with Gasteiger partial charge in [-0.2, -0.15) is 0 Å². The van der Waals surface area contributed by atoms with Crippen LogP contribution >= 0.6 is 11.3 Å². The van der Waals surface area contributed by atoms with Crippen molar-refractivity contribution in [2.45, 2.75) is 31.5 Å². The molecule has 0 spiro atoms. The topological polar surface area (TPSA) is 36.4 Å². The maximum Gasteiger partial charge on any atom is 0.254 e. The van der Waals surface area contributed by atoms with E-state index in [9.17, 15) is 4.79 Å². The van der Waals surface area contributed by atoms with Crippen molar-refractivity contribution in [2.24, 2.45) is 0 Å². The Labute approximate surface area is 169 Å². The Morgan fingerprint density at radius 2 is 1.71 bits per heavy atom. The van der Waals surface area contributed by atoms with Crippen molar-refractivity contribution in [1.29, 1.82) is 0 Å². The molecular formula is C23H23N3OS. The largest absolute Gasteiger partial charge is 0.336 e. The number of fused-ring (bicyclic) bond motifs is 2.